The molecule has 2 aromatic carbocycles. The second-order valence-corrected chi connectivity index (χ2v) is 5.78. The summed E-state index contributed by atoms with van der Waals surface area (Å²) in [7, 11) is 0. The van der Waals surface area contributed by atoms with Crippen molar-refractivity contribution in [1.82, 2.24) is 0 Å². The third kappa shape index (κ3) is 2.62. The maximum atomic E-state index is 12.2. The first-order valence-electron chi connectivity index (χ1n) is 7.39. The van der Waals surface area contributed by atoms with Crippen LogP contribution in [0.15, 0.2) is 57.7 Å². The molecule has 0 aliphatic rings. The van der Waals surface area contributed by atoms with Crippen LogP contribution < -0.4 is 5.63 Å². The lowest BCUT2D eigenvalue weighted by molar-refractivity contribution is 0.469. The highest BCUT2D eigenvalue weighted by Crippen LogP contribution is 2.26. The third-order valence-electron chi connectivity index (χ3n) is 3.88. The van der Waals surface area contributed by atoms with Gasteiger partial charge in [-0.05, 0) is 35.2 Å². The van der Waals surface area contributed by atoms with E-state index >= 15 is 0 Å². The molecule has 1 N–H and O–H groups in total. The highest BCUT2D eigenvalue weighted by atomic mass is 16.4. The van der Waals surface area contributed by atoms with Gasteiger partial charge in [0.1, 0.15) is 11.3 Å². The molecule has 0 unspecified atom stereocenters. The number of benzene rings is 2. The predicted octanol–water partition coefficient (Wildman–Crippen LogP) is 4.21. The molecule has 3 heteroatoms. The molecule has 0 aliphatic heterocycles. The molecule has 3 aromatic rings. The van der Waals surface area contributed by atoms with Crippen LogP contribution in [0.5, 0.6) is 5.75 Å². The maximum absolute atomic E-state index is 12.2. The Bertz CT molecular complexity index is 875. The molecule has 0 bridgehead atoms. The Hall–Kier alpha value is -2.55. The Morgan fingerprint density at radius 2 is 1.82 bits per heavy atom. The third-order valence-corrected chi connectivity index (χ3v) is 3.88. The van der Waals surface area contributed by atoms with E-state index in [9.17, 15) is 9.90 Å². The van der Waals surface area contributed by atoms with Crippen LogP contribution in [0, 0.1) is 0 Å². The predicted molar refractivity (Wildman–Crippen MR) is 87.5 cm³/mol. The summed E-state index contributed by atoms with van der Waals surface area (Å²) >= 11 is 0. The van der Waals surface area contributed by atoms with E-state index in [1.165, 1.54) is 0 Å². The minimum absolute atomic E-state index is 0.194. The summed E-state index contributed by atoms with van der Waals surface area (Å²) in [5.41, 5.74) is 2.69. The van der Waals surface area contributed by atoms with Gasteiger partial charge in [0.2, 0.25) is 0 Å². The van der Waals surface area contributed by atoms with Crippen LogP contribution >= 0.6 is 0 Å². The molecule has 0 spiro atoms. The van der Waals surface area contributed by atoms with Gasteiger partial charge in [0.25, 0.3) is 0 Å². The molecule has 0 aliphatic carbocycles. The summed E-state index contributed by atoms with van der Waals surface area (Å²) in [6, 6.07) is 14.7. The molecule has 1 heterocycles. The molecular formula is C19H18O3. The molecule has 3 nitrogen and oxygen atoms in total. The molecule has 0 radical (unpaired) electrons. The van der Waals surface area contributed by atoms with Crippen LogP contribution in [0.4, 0.5) is 0 Å². The van der Waals surface area contributed by atoms with Crippen LogP contribution in [0.25, 0.3) is 11.0 Å². The van der Waals surface area contributed by atoms with Gasteiger partial charge >= 0.3 is 5.63 Å². The zero-order chi connectivity index (χ0) is 15.7. The average molecular weight is 294 g/mol. The van der Waals surface area contributed by atoms with Crippen LogP contribution in [0.2, 0.25) is 0 Å². The van der Waals surface area contributed by atoms with Crippen molar-refractivity contribution in [2.24, 2.45) is 0 Å². The van der Waals surface area contributed by atoms with Gasteiger partial charge in [0.15, 0.2) is 0 Å². The Labute approximate surface area is 128 Å². The molecule has 0 saturated heterocycles. The lowest BCUT2D eigenvalue weighted by Gasteiger charge is -2.10. The number of para-hydroxylation sites is 1. The molecule has 3 rings (SSSR count). The average Bonchev–Trinajstić information content (AvgIpc) is 2.49. The second kappa shape index (κ2) is 5.68. The van der Waals surface area contributed by atoms with Crippen molar-refractivity contribution >= 4 is 11.0 Å². The summed E-state index contributed by atoms with van der Waals surface area (Å²) in [5, 5.41) is 10.8. The van der Waals surface area contributed by atoms with Gasteiger partial charge in [-0.15, -0.1) is 0 Å². The quantitative estimate of drug-likeness (QED) is 0.736. The molecule has 0 saturated carbocycles. The first kappa shape index (κ1) is 14.4. The summed E-state index contributed by atoms with van der Waals surface area (Å²) in [6.45, 7) is 4.23. The smallest absolute Gasteiger partial charge is 0.339 e. The number of fused-ring (bicyclic) bond motifs is 1. The number of phenolic OH excluding ortho intramolecular Hbond substituents is 1. The van der Waals surface area contributed by atoms with Crippen LogP contribution in [-0.2, 0) is 6.42 Å². The fourth-order valence-electron chi connectivity index (χ4n) is 2.70. The van der Waals surface area contributed by atoms with Gasteiger partial charge in [-0.25, -0.2) is 4.79 Å². The SMILES string of the molecule is CC(C)c1cccc2oc(=O)c(Cc3ccccc3O)cc12. The maximum Gasteiger partial charge on any atom is 0.339 e. The molecule has 0 amide bonds. The van der Waals surface area contributed by atoms with Crippen molar-refractivity contribution in [3.05, 3.63) is 75.6 Å². The summed E-state index contributed by atoms with van der Waals surface area (Å²) < 4.78 is 5.46. The van der Waals surface area contributed by atoms with Crippen molar-refractivity contribution in [2.75, 3.05) is 0 Å². The van der Waals surface area contributed by atoms with Crippen LogP contribution in [0.3, 0.4) is 0 Å². The second-order valence-electron chi connectivity index (χ2n) is 5.78. The zero-order valence-electron chi connectivity index (χ0n) is 12.7. The molecule has 1 aromatic heterocycles. The largest absolute Gasteiger partial charge is 0.508 e. The first-order valence-corrected chi connectivity index (χ1v) is 7.39. The number of phenols is 1. The van der Waals surface area contributed by atoms with E-state index in [2.05, 4.69) is 19.9 Å². The van der Waals surface area contributed by atoms with Gasteiger partial charge in [-0.1, -0.05) is 44.2 Å². The van der Waals surface area contributed by atoms with E-state index < -0.39 is 0 Å². The van der Waals surface area contributed by atoms with Gasteiger partial charge in [-0.3, -0.25) is 0 Å². The minimum Gasteiger partial charge on any atom is -0.508 e. The Morgan fingerprint density at radius 1 is 1.05 bits per heavy atom. The van der Waals surface area contributed by atoms with Crippen molar-refractivity contribution in [1.29, 1.82) is 0 Å². The van der Waals surface area contributed by atoms with E-state index in [1.807, 2.05) is 30.3 Å². The highest BCUT2D eigenvalue weighted by Gasteiger charge is 2.12. The van der Waals surface area contributed by atoms with E-state index in [1.54, 1.807) is 12.1 Å². The van der Waals surface area contributed by atoms with E-state index in [4.69, 9.17) is 4.42 Å². The van der Waals surface area contributed by atoms with Crippen molar-refractivity contribution in [3.63, 3.8) is 0 Å². The van der Waals surface area contributed by atoms with Crippen molar-refractivity contribution in [3.8, 4) is 5.75 Å². The fraction of sp³-hybridized carbons (Fsp3) is 0.211. The highest BCUT2D eigenvalue weighted by molar-refractivity contribution is 5.81. The number of aromatic hydroxyl groups is 1. The Morgan fingerprint density at radius 3 is 2.55 bits per heavy atom. The fourth-order valence-corrected chi connectivity index (χ4v) is 2.70. The minimum atomic E-state index is -0.350. The normalized spacial score (nSPS) is 11.2. The Balaban J connectivity index is 2.14. The monoisotopic (exact) mass is 294 g/mol. The molecule has 22 heavy (non-hydrogen) atoms. The number of hydrogen-bond donors (Lipinski definition) is 1. The first-order chi connectivity index (χ1) is 10.6. The number of hydrogen-bond acceptors (Lipinski definition) is 3. The van der Waals surface area contributed by atoms with Gasteiger partial charge in [0.05, 0.1) is 0 Å². The summed E-state index contributed by atoms with van der Waals surface area (Å²) in [6.07, 6.45) is 0.359. The van der Waals surface area contributed by atoms with Crippen LogP contribution in [0.1, 0.15) is 36.5 Å². The van der Waals surface area contributed by atoms with Gasteiger partial charge in [-0.2, -0.15) is 0 Å². The lowest BCUT2D eigenvalue weighted by atomic mass is 9.97. The van der Waals surface area contributed by atoms with E-state index in [-0.39, 0.29) is 11.4 Å². The van der Waals surface area contributed by atoms with Gasteiger partial charge in [0, 0.05) is 17.4 Å². The standard InChI is InChI=1S/C19H18O3/c1-12(2)15-7-5-9-18-16(15)11-14(19(21)22-18)10-13-6-3-4-8-17(13)20/h3-9,11-12,20H,10H2,1-2H3. The molecular weight excluding hydrogens is 276 g/mol. The topological polar surface area (TPSA) is 50.4 Å². The zero-order valence-corrected chi connectivity index (χ0v) is 12.7. The Kier molecular flexibility index (Phi) is 3.72. The lowest BCUT2D eigenvalue weighted by Crippen LogP contribution is -2.08. The summed E-state index contributed by atoms with van der Waals surface area (Å²) in [4.78, 5) is 12.2. The van der Waals surface area contributed by atoms with E-state index in [0.29, 0.717) is 23.5 Å². The summed E-state index contributed by atoms with van der Waals surface area (Å²) in [5.74, 6) is 0.536. The molecule has 0 atom stereocenters. The van der Waals surface area contributed by atoms with Crippen LogP contribution in [-0.4, -0.2) is 5.11 Å². The van der Waals surface area contributed by atoms with Crippen molar-refractivity contribution < 1.29 is 9.52 Å². The van der Waals surface area contributed by atoms with Gasteiger partial charge < -0.3 is 9.52 Å². The van der Waals surface area contributed by atoms with E-state index in [0.717, 1.165) is 16.5 Å². The number of rotatable bonds is 3. The van der Waals surface area contributed by atoms with Crippen molar-refractivity contribution in [2.45, 2.75) is 26.2 Å². The molecule has 0 fully saturated rings. The molecule has 112 valence electrons.